The lowest BCUT2D eigenvalue weighted by Gasteiger charge is -2.62. The first-order valence-electron chi connectivity index (χ1n) is 6.84. The predicted octanol–water partition coefficient (Wildman–Crippen LogP) is 3.44. The highest BCUT2D eigenvalue weighted by atomic mass is 127. The van der Waals surface area contributed by atoms with Crippen molar-refractivity contribution < 1.29 is 0 Å². The van der Waals surface area contributed by atoms with E-state index >= 15 is 0 Å². The third-order valence-corrected chi connectivity index (χ3v) is 5.11. The van der Waals surface area contributed by atoms with E-state index < -0.39 is 0 Å². The molecule has 1 fully saturated rings. The molecule has 0 aromatic heterocycles. The Morgan fingerprint density at radius 2 is 1.89 bits per heavy atom. The Morgan fingerprint density at radius 3 is 2.32 bits per heavy atom. The molecule has 3 nitrogen and oxygen atoms in total. The van der Waals surface area contributed by atoms with Gasteiger partial charge in [0.2, 0.25) is 0 Å². The Labute approximate surface area is 140 Å². The van der Waals surface area contributed by atoms with Gasteiger partial charge < -0.3 is 10.2 Å². The van der Waals surface area contributed by atoms with Crippen LogP contribution in [0.2, 0.25) is 0 Å². The summed E-state index contributed by atoms with van der Waals surface area (Å²) in [7, 11) is 1.88. The van der Waals surface area contributed by atoms with Gasteiger partial charge in [-0.2, -0.15) is 11.8 Å². The van der Waals surface area contributed by atoms with E-state index in [0.717, 1.165) is 19.0 Å². The van der Waals surface area contributed by atoms with E-state index in [-0.39, 0.29) is 29.5 Å². The number of likely N-dealkylation sites (tertiary alicyclic amines) is 1. The standard InChI is InChI=1S/C14H29N3S.HI/c1-13(2)11-17(14(13,3)4)12(15-5)16-9-7-8-10-18-6;/h7-11H2,1-6H3,(H,15,16);1H. The molecule has 1 N–H and O–H groups in total. The molecule has 0 saturated carbocycles. The van der Waals surface area contributed by atoms with Crippen molar-refractivity contribution in [3.63, 3.8) is 0 Å². The van der Waals surface area contributed by atoms with Crippen LogP contribution >= 0.6 is 35.7 Å². The van der Waals surface area contributed by atoms with Gasteiger partial charge in [-0.15, -0.1) is 24.0 Å². The summed E-state index contributed by atoms with van der Waals surface area (Å²) in [5.41, 5.74) is 0.553. The van der Waals surface area contributed by atoms with E-state index in [0.29, 0.717) is 5.41 Å². The van der Waals surface area contributed by atoms with Crippen molar-refractivity contribution >= 4 is 41.7 Å². The number of guanidine groups is 1. The molecule has 0 amide bonds. The van der Waals surface area contributed by atoms with Crippen LogP contribution in [0.15, 0.2) is 4.99 Å². The molecule has 1 saturated heterocycles. The van der Waals surface area contributed by atoms with Crippen LogP contribution in [0.3, 0.4) is 0 Å². The fourth-order valence-electron chi connectivity index (χ4n) is 2.27. The molecule has 1 aliphatic rings. The van der Waals surface area contributed by atoms with Crippen LogP contribution in [-0.2, 0) is 0 Å². The molecule has 5 heteroatoms. The van der Waals surface area contributed by atoms with Crippen molar-refractivity contribution in [2.45, 2.75) is 46.1 Å². The first-order chi connectivity index (χ1) is 8.36. The highest BCUT2D eigenvalue weighted by Gasteiger charge is 2.53. The number of hydrogen-bond donors (Lipinski definition) is 1. The summed E-state index contributed by atoms with van der Waals surface area (Å²) >= 11 is 1.92. The maximum absolute atomic E-state index is 4.42. The molecule has 1 heterocycles. The molecule has 0 spiro atoms. The van der Waals surface area contributed by atoms with Gasteiger partial charge in [0.15, 0.2) is 5.96 Å². The first-order valence-corrected chi connectivity index (χ1v) is 8.23. The fraction of sp³-hybridized carbons (Fsp3) is 0.929. The molecule has 1 aliphatic heterocycles. The number of halogens is 1. The van der Waals surface area contributed by atoms with Gasteiger partial charge in [0.1, 0.15) is 0 Å². The zero-order valence-corrected chi connectivity index (χ0v) is 16.4. The number of aliphatic imine (C=N–C) groups is 1. The van der Waals surface area contributed by atoms with E-state index in [1.807, 2.05) is 18.8 Å². The number of rotatable bonds is 5. The van der Waals surface area contributed by atoms with Crippen LogP contribution < -0.4 is 5.32 Å². The van der Waals surface area contributed by atoms with Gasteiger partial charge in [0.25, 0.3) is 0 Å². The van der Waals surface area contributed by atoms with Crippen molar-refractivity contribution in [3.05, 3.63) is 0 Å². The van der Waals surface area contributed by atoms with Gasteiger partial charge in [-0.25, -0.2) is 0 Å². The van der Waals surface area contributed by atoms with Crippen molar-refractivity contribution in [1.82, 2.24) is 10.2 Å². The Bertz CT molecular complexity index is 303. The van der Waals surface area contributed by atoms with Gasteiger partial charge >= 0.3 is 0 Å². The third-order valence-electron chi connectivity index (χ3n) is 4.41. The zero-order valence-electron chi connectivity index (χ0n) is 13.2. The number of unbranched alkanes of at least 4 members (excludes halogenated alkanes) is 1. The number of hydrogen-bond acceptors (Lipinski definition) is 2. The smallest absolute Gasteiger partial charge is 0.194 e. The molecule has 114 valence electrons. The largest absolute Gasteiger partial charge is 0.356 e. The zero-order chi connectivity index (χ0) is 13.8. The summed E-state index contributed by atoms with van der Waals surface area (Å²) in [6.07, 6.45) is 4.66. The minimum Gasteiger partial charge on any atom is -0.356 e. The Kier molecular flexibility index (Phi) is 8.10. The quantitative estimate of drug-likeness (QED) is 0.332. The molecule has 0 radical (unpaired) electrons. The Hall–Kier alpha value is 0.350. The SMILES string of the molecule is CN=C(NCCCCSC)N1CC(C)(C)C1(C)C.I. The minimum atomic E-state index is 0. The summed E-state index contributed by atoms with van der Waals surface area (Å²) < 4.78 is 0. The van der Waals surface area contributed by atoms with Crippen LogP contribution in [0.4, 0.5) is 0 Å². The van der Waals surface area contributed by atoms with E-state index in [4.69, 9.17) is 0 Å². The number of nitrogens with zero attached hydrogens (tertiary/aromatic N) is 2. The van der Waals surface area contributed by atoms with E-state index in [9.17, 15) is 0 Å². The van der Waals surface area contributed by atoms with E-state index in [1.54, 1.807) is 0 Å². The monoisotopic (exact) mass is 399 g/mol. The van der Waals surface area contributed by atoms with Gasteiger partial charge in [-0.3, -0.25) is 4.99 Å². The first kappa shape index (κ1) is 19.4. The normalized spacial score (nSPS) is 20.5. The molecule has 0 aliphatic carbocycles. The average molecular weight is 399 g/mol. The van der Waals surface area contributed by atoms with Crippen molar-refractivity contribution in [1.29, 1.82) is 0 Å². The van der Waals surface area contributed by atoms with Crippen LogP contribution in [-0.4, -0.2) is 48.5 Å². The van der Waals surface area contributed by atoms with Gasteiger partial charge in [0.05, 0.1) is 0 Å². The molecule has 19 heavy (non-hydrogen) atoms. The summed E-state index contributed by atoms with van der Waals surface area (Å²) in [6.45, 7) is 11.4. The molecule has 0 aromatic rings. The highest BCUT2D eigenvalue weighted by molar-refractivity contribution is 14.0. The van der Waals surface area contributed by atoms with Crippen LogP contribution in [0.5, 0.6) is 0 Å². The van der Waals surface area contributed by atoms with Crippen molar-refractivity contribution in [3.8, 4) is 0 Å². The van der Waals surface area contributed by atoms with E-state index in [2.05, 4.69) is 49.2 Å². The molecule has 0 unspecified atom stereocenters. The number of nitrogens with one attached hydrogen (secondary N) is 1. The second-order valence-electron chi connectivity index (χ2n) is 6.20. The summed E-state index contributed by atoms with van der Waals surface area (Å²) in [5.74, 6) is 2.31. The lowest BCUT2D eigenvalue weighted by Crippen LogP contribution is -2.72. The second-order valence-corrected chi connectivity index (χ2v) is 7.19. The highest BCUT2D eigenvalue weighted by Crippen LogP contribution is 2.46. The van der Waals surface area contributed by atoms with Crippen molar-refractivity contribution in [2.24, 2.45) is 10.4 Å². The van der Waals surface area contributed by atoms with E-state index in [1.165, 1.54) is 18.6 Å². The van der Waals surface area contributed by atoms with Crippen LogP contribution in [0.25, 0.3) is 0 Å². The summed E-state index contributed by atoms with van der Waals surface area (Å²) in [5, 5.41) is 3.49. The topological polar surface area (TPSA) is 27.6 Å². The van der Waals surface area contributed by atoms with Crippen LogP contribution in [0, 0.1) is 5.41 Å². The molecule has 0 atom stereocenters. The van der Waals surface area contributed by atoms with Gasteiger partial charge in [0, 0.05) is 31.1 Å². The average Bonchev–Trinajstić information content (AvgIpc) is 2.32. The molecular weight excluding hydrogens is 369 g/mol. The van der Waals surface area contributed by atoms with Gasteiger partial charge in [-0.05, 0) is 38.7 Å². The molecule has 1 rings (SSSR count). The lowest BCUT2D eigenvalue weighted by molar-refractivity contribution is -0.0667. The Balaban J connectivity index is 0.00000324. The molecular formula is C14H30IN3S. The maximum Gasteiger partial charge on any atom is 0.194 e. The predicted molar refractivity (Wildman–Crippen MR) is 99.0 cm³/mol. The second kappa shape index (κ2) is 7.96. The maximum atomic E-state index is 4.42. The summed E-state index contributed by atoms with van der Waals surface area (Å²) in [6, 6.07) is 0. The Morgan fingerprint density at radius 1 is 1.26 bits per heavy atom. The van der Waals surface area contributed by atoms with Crippen LogP contribution in [0.1, 0.15) is 40.5 Å². The van der Waals surface area contributed by atoms with Gasteiger partial charge in [-0.1, -0.05) is 13.8 Å². The molecule has 0 aromatic carbocycles. The third kappa shape index (κ3) is 4.41. The minimum absolute atomic E-state index is 0. The lowest BCUT2D eigenvalue weighted by atomic mass is 9.65. The summed E-state index contributed by atoms with van der Waals surface area (Å²) in [4.78, 5) is 6.81. The molecule has 0 bridgehead atoms. The fourth-order valence-corrected chi connectivity index (χ4v) is 2.76. The van der Waals surface area contributed by atoms with Crippen molar-refractivity contribution in [2.75, 3.05) is 32.1 Å². The number of thioether (sulfide) groups is 1.